The number of aryl methyl sites for hydroxylation is 1. The average molecular weight is 490 g/mol. The van der Waals surface area contributed by atoms with E-state index in [-0.39, 0.29) is 12.5 Å². The maximum absolute atomic E-state index is 9.11. The highest BCUT2D eigenvalue weighted by molar-refractivity contribution is 6.30. The van der Waals surface area contributed by atoms with Crippen molar-refractivity contribution < 1.29 is 14.2 Å². The molecule has 1 aliphatic heterocycles. The van der Waals surface area contributed by atoms with Crippen molar-refractivity contribution in [2.45, 2.75) is 31.6 Å². The number of para-hydroxylation sites is 1. The van der Waals surface area contributed by atoms with Gasteiger partial charge in [0.15, 0.2) is 11.5 Å². The van der Waals surface area contributed by atoms with E-state index >= 15 is 0 Å². The monoisotopic (exact) mass is 489 g/mol. The van der Waals surface area contributed by atoms with E-state index in [2.05, 4.69) is 27.0 Å². The van der Waals surface area contributed by atoms with E-state index in [1.807, 2.05) is 48.7 Å². The highest BCUT2D eigenvalue weighted by atomic mass is 35.5. The molecule has 0 fully saturated rings. The fourth-order valence-electron chi connectivity index (χ4n) is 4.64. The lowest BCUT2D eigenvalue weighted by atomic mass is 9.98. The van der Waals surface area contributed by atoms with Gasteiger partial charge in [0.1, 0.15) is 12.2 Å². The third kappa shape index (κ3) is 4.25. The summed E-state index contributed by atoms with van der Waals surface area (Å²) < 4.78 is 22.1. The van der Waals surface area contributed by atoms with Crippen molar-refractivity contribution in [2.24, 2.45) is 0 Å². The van der Waals surface area contributed by atoms with Gasteiger partial charge >= 0.3 is 0 Å². The van der Waals surface area contributed by atoms with E-state index in [9.17, 15) is 0 Å². The second kappa shape index (κ2) is 9.82. The van der Waals surface area contributed by atoms with E-state index < -0.39 is 6.10 Å². The van der Waals surface area contributed by atoms with E-state index in [1.165, 1.54) is 0 Å². The molecule has 0 amide bonds. The summed E-state index contributed by atoms with van der Waals surface area (Å²) >= 11 is 6.46. The number of fused-ring (bicyclic) bond motifs is 3. The van der Waals surface area contributed by atoms with Gasteiger partial charge in [-0.1, -0.05) is 28.9 Å². The molecule has 8 nitrogen and oxygen atoms in total. The molecule has 35 heavy (non-hydrogen) atoms. The van der Waals surface area contributed by atoms with Crippen LogP contribution >= 0.6 is 11.6 Å². The van der Waals surface area contributed by atoms with Crippen LogP contribution in [-0.2, 0) is 17.7 Å². The molecule has 4 aromatic rings. The van der Waals surface area contributed by atoms with Gasteiger partial charge in [-0.3, -0.25) is 0 Å². The first-order valence-electron chi connectivity index (χ1n) is 11.2. The van der Waals surface area contributed by atoms with Crippen LogP contribution in [-0.4, -0.2) is 33.8 Å². The third-order valence-corrected chi connectivity index (χ3v) is 6.45. The van der Waals surface area contributed by atoms with Gasteiger partial charge in [-0.25, -0.2) is 4.68 Å². The van der Waals surface area contributed by atoms with Crippen LogP contribution in [0.3, 0.4) is 0 Å². The highest BCUT2D eigenvalue weighted by Gasteiger charge is 2.33. The number of rotatable bonds is 7. The number of hydrogen-bond donors (Lipinski definition) is 0. The minimum Gasteiger partial charge on any atom is -0.493 e. The summed E-state index contributed by atoms with van der Waals surface area (Å²) in [5, 5.41) is 17.9. The second-order valence-corrected chi connectivity index (χ2v) is 8.60. The number of hydrogen-bond acceptors (Lipinski definition) is 6. The quantitative estimate of drug-likeness (QED) is 0.361. The number of benzene rings is 2. The molecule has 0 spiro atoms. The lowest BCUT2D eigenvalue weighted by molar-refractivity contribution is -0.00183. The van der Waals surface area contributed by atoms with Gasteiger partial charge in [0.05, 0.1) is 50.0 Å². The Hall–Kier alpha value is -3.80. The van der Waals surface area contributed by atoms with Crippen LogP contribution in [0, 0.1) is 11.3 Å². The number of halogens is 1. The summed E-state index contributed by atoms with van der Waals surface area (Å²) in [5.41, 5.74) is 4.54. The number of methoxy groups -OCH3 is 2. The second-order valence-electron chi connectivity index (χ2n) is 8.17. The van der Waals surface area contributed by atoms with Crippen LogP contribution < -0.4 is 9.47 Å². The van der Waals surface area contributed by atoms with Crippen molar-refractivity contribution in [3.05, 3.63) is 88.5 Å². The van der Waals surface area contributed by atoms with Gasteiger partial charge in [0, 0.05) is 28.9 Å². The van der Waals surface area contributed by atoms with Crippen LogP contribution in [0.2, 0.25) is 5.02 Å². The van der Waals surface area contributed by atoms with Gasteiger partial charge in [-0.2, -0.15) is 5.26 Å². The number of nitrogens with zero attached hydrogens (tertiary/aromatic N) is 5. The predicted molar refractivity (Wildman–Crippen MR) is 130 cm³/mol. The molecule has 1 aliphatic rings. The Kier molecular flexibility index (Phi) is 6.45. The number of ether oxygens (including phenoxy) is 3. The Bertz CT molecular complexity index is 1390. The van der Waals surface area contributed by atoms with E-state index in [4.69, 9.17) is 31.1 Å². The van der Waals surface area contributed by atoms with E-state index in [0.29, 0.717) is 29.5 Å². The minimum absolute atomic E-state index is 0.252. The topological polar surface area (TPSA) is 87.1 Å². The molecule has 0 saturated heterocycles. The predicted octanol–water partition coefficient (Wildman–Crippen LogP) is 5.06. The lowest BCUT2D eigenvalue weighted by Gasteiger charge is -2.25. The van der Waals surface area contributed by atoms with Crippen molar-refractivity contribution in [1.29, 1.82) is 5.26 Å². The van der Waals surface area contributed by atoms with Gasteiger partial charge < -0.3 is 18.8 Å². The Morgan fingerprint density at radius 1 is 1.11 bits per heavy atom. The molecule has 0 N–H and O–H groups in total. The summed E-state index contributed by atoms with van der Waals surface area (Å²) in [7, 11) is 3.24. The smallest absolute Gasteiger partial charge is 0.166 e. The summed E-state index contributed by atoms with van der Waals surface area (Å²) in [6.07, 6.45) is 3.78. The molecule has 0 unspecified atom stereocenters. The zero-order valence-corrected chi connectivity index (χ0v) is 20.1. The fraction of sp³-hybridized carbons (Fsp3) is 0.269. The molecule has 5 rings (SSSR count). The maximum Gasteiger partial charge on any atom is 0.166 e. The third-order valence-electron chi connectivity index (χ3n) is 6.22. The van der Waals surface area contributed by atoms with Crippen LogP contribution in [0.25, 0.3) is 5.69 Å². The maximum atomic E-state index is 9.11. The Balaban J connectivity index is 1.60. The normalized spacial score (nSPS) is 16.6. The molecule has 3 heterocycles. The molecule has 2 atom stereocenters. The van der Waals surface area contributed by atoms with Crippen molar-refractivity contribution in [1.82, 2.24) is 19.6 Å². The summed E-state index contributed by atoms with van der Waals surface area (Å²) in [4.78, 5) is 0. The van der Waals surface area contributed by atoms with E-state index in [0.717, 1.165) is 28.2 Å². The molecule has 9 heteroatoms. The summed E-state index contributed by atoms with van der Waals surface area (Å²) in [6.45, 7) is 0.548. The first-order valence-corrected chi connectivity index (χ1v) is 11.6. The van der Waals surface area contributed by atoms with Gasteiger partial charge in [0.2, 0.25) is 0 Å². The Morgan fingerprint density at radius 3 is 2.80 bits per heavy atom. The largest absolute Gasteiger partial charge is 0.493 e. The van der Waals surface area contributed by atoms with Gasteiger partial charge in [-0.05, 0) is 42.8 Å². The zero-order chi connectivity index (χ0) is 24.4. The van der Waals surface area contributed by atoms with Crippen LogP contribution in [0.15, 0.2) is 60.9 Å². The van der Waals surface area contributed by atoms with Crippen LogP contribution in [0.4, 0.5) is 0 Å². The van der Waals surface area contributed by atoms with Crippen molar-refractivity contribution in [2.75, 3.05) is 14.2 Å². The van der Waals surface area contributed by atoms with Crippen molar-refractivity contribution >= 4 is 11.6 Å². The molecular formula is C26H24ClN5O3. The molecule has 0 saturated carbocycles. The highest BCUT2D eigenvalue weighted by Crippen LogP contribution is 2.46. The molecule has 0 radical (unpaired) electrons. The average Bonchev–Trinajstić information content (AvgIpc) is 3.51. The molecule has 2 aromatic carbocycles. The Morgan fingerprint density at radius 2 is 2.00 bits per heavy atom. The molecule has 0 aliphatic carbocycles. The first kappa shape index (κ1) is 23.0. The zero-order valence-electron chi connectivity index (χ0n) is 19.4. The van der Waals surface area contributed by atoms with Gasteiger partial charge in [-0.15, -0.1) is 5.10 Å². The SMILES string of the molecule is COc1cccc([C@H]2O[C@H](CCn3nncc3CC#N)c3cccn3-c3ccc(Cl)cc32)c1OC. The Labute approximate surface area is 208 Å². The number of aromatic nitrogens is 4. The standard InChI is InChI=1S/C26H24ClN5O3/c1-33-24-7-3-5-19(26(24)34-2)25-20-15-17(27)8-9-21(20)31-13-4-6-22(31)23(35-25)11-14-32-18(10-12-28)16-29-30-32/h3-9,13,15-16,23,25H,10-11,14H2,1-2H3/t23-,25-/m1/s1. The van der Waals surface area contributed by atoms with E-state index in [1.54, 1.807) is 25.1 Å². The van der Waals surface area contributed by atoms with Gasteiger partial charge in [0.25, 0.3) is 0 Å². The molecule has 178 valence electrons. The molecule has 0 bridgehead atoms. The summed E-state index contributed by atoms with van der Waals surface area (Å²) in [5.74, 6) is 1.24. The summed E-state index contributed by atoms with van der Waals surface area (Å²) in [6, 6.07) is 17.8. The van der Waals surface area contributed by atoms with Crippen LogP contribution in [0.5, 0.6) is 11.5 Å². The van der Waals surface area contributed by atoms with Crippen molar-refractivity contribution in [3.8, 4) is 23.3 Å². The first-order chi connectivity index (χ1) is 17.1. The minimum atomic E-state index is -0.465. The molecule has 2 aromatic heterocycles. The number of nitriles is 1. The fourth-order valence-corrected chi connectivity index (χ4v) is 4.82. The lowest BCUT2D eigenvalue weighted by Crippen LogP contribution is -2.15. The molecular weight excluding hydrogens is 466 g/mol. The van der Waals surface area contributed by atoms with Crippen LogP contribution in [0.1, 0.15) is 41.1 Å². The van der Waals surface area contributed by atoms with Crippen molar-refractivity contribution in [3.63, 3.8) is 0 Å².